The first-order chi connectivity index (χ1) is 9.36. The minimum absolute atomic E-state index is 0.0243. The fraction of sp³-hybridized carbons (Fsp3) is 0.308. The number of anilines is 1. The van der Waals surface area contributed by atoms with E-state index in [1.807, 2.05) is 18.2 Å². The van der Waals surface area contributed by atoms with Crippen molar-refractivity contribution < 1.29 is 4.74 Å². The van der Waals surface area contributed by atoms with E-state index >= 15 is 0 Å². The molecular weight excluding hydrogens is 260 g/mol. The minimum Gasteiger partial charge on any atom is -0.370 e. The number of aromatic nitrogens is 2. The van der Waals surface area contributed by atoms with E-state index in [1.54, 1.807) is 12.3 Å². The largest absolute Gasteiger partial charge is 0.370 e. The van der Waals surface area contributed by atoms with Crippen LogP contribution in [0.2, 0.25) is 0 Å². The van der Waals surface area contributed by atoms with Crippen molar-refractivity contribution in [3.05, 3.63) is 41.6 Å². The van der Waals surface area contributed by atoms with Crippen LogP contribution in [0.1, 0.15) is 17.2 Å². The van der Waals surface area contributed by atoms with Gasteiger partial charge in [0.25, 0.3) is 0 Å². The zero-order chi connectivity index (χ0) is 13.1. The number of nitriles is 1. The monoisotopic (exact) mass is 272 g/mol. The van der Waals surface area contributed by atoms with E-state index in [0.717, 1.165) is 24.5 Å². The average Bonchev–Trinajstić information content (AvgIpc) is 3.02. The second-order valence-electron chi connectivity index (χ2n) is 4.31. The molecule has 19 heavy (non-hydrogen) atoms. The molecule has 0 amide bonds. The molecular formula is C13H12N4OS. The van der Waals surface area contributed by atoms with Crippen molar-refractivity contribution in [2.75, 3.05) is 24.6 Å². The number of hydrogen-bond acceptors (Lipinski definition) is 6. The summed E-state index contributed by atoms with van der Waals surface area (Å²) in [5, 5.41) is 8.94. The van der Waals surface area contributed by atoms with E-state index in [9.17, 15) is 0 Å². The van der Waals surface area contributed by atoms with Crippen LogP contribution in [-0.2, 0) is 4.74 Å². The Kier molecular flexibility index (Phi) is 3.40. The quantitative estimate of drug-likeness (QED) is 0.836. The van der Waals surface area contributed by atoms with Gasteiger partial charge >= 0.3 is 0 Å². The molecule has 0 radical (unpaired) electrons. The van der Waals surface area contributed by atoms with Crippen LogP contribution in [0.25, 0.3) is 0 Å². The molecule has 96 valence electrons. The summed E-state index contributed by atoms with van der Waals surface area (Å²) in [6.07, 6.45) is 1.75. The molecule has 1 aliphatic heterocycles. The lowest BCUT2D eigenvalue weighted by atomic mass is 10.1. The maximum atomic E-state index is 8.94. The van der Waals surface area contributed by atoms with Crippen molar-refractivity contribution in [2.24, 2.45) is 0 Å². The number of benzene rings is 1. The van der Waals surface area contributed by atoms with E-state index in [2.05, 4.69) is 19.7 Å². The summed E-state index contributed by atoms with van der Waals surface area (Å²) in [5.41, 5.74) is 1.69. The molecule has 1 unspecified atom stereocenters. The molecule has 1 fully saturated rings. The van der Waals surface area contributed by atoms with Crippen LogP contribution >= 0.6 is 11.7 Å². The lowest BCUT2D eigenvalue weighted by Crippen LogP contribution is -2.38. The van der Waals surface area contributed by atoms with Crippen molar-refractivity contribution in [1.29, 1.82) is 5.26 Å². The molecule has 5 nitrogen and oxygen atoms in total. The van der Waals surface area contributed by atoms with Crippen molar-refractivity contribution in [2.45, 2.75) is 6.10 Å². The minimum atomic E-state index is -0.0243. The van der Waals surface area contributed by atoms with Gasteiger partial charge in [0, 0.05) is 13.1 Å². The molecule has 1 aromatic heterocycles. The predicted octanol–water partition coefficient (Wildman–Crippen LogP) is 1.99. The third-order valence-corrected chi connectivity index (χ3v) is 3.60. The van der Waals surface area contributed by atoms with E-state index in [1.165, 1.54) is 11.7 Å². The van der Waals surface area contributed by atoms with Gasteiger partial charge in [0.05, 0.1) is 36.2 Å². The number of ether oxygens (including phenoxy) is 1. The third-order valence-electron chi connectivity index (χ3n) is 3.13. The Bertz CT molecular complexity index is 593. The van der Waals surface area contributed by atoms with Crippen LogP contribution in [0, 0.1) is 11.3 Å². The molecule has 0 saturated carbocycles. The molecule has 1 saturated heterocycles. The lowest BCUT2D eigenvalue weighted by Gasteiger charge is -2.33. The molecule has 0 spiro atoms. The highest BCUT2D eigenvalue weighted by Crippen LogP contribution is 2.25. The highest BCUT2D eigenvalue weighted by atomic mass is 32.1. The molecule has 0 aliphatic carbocycles. The summed E-state index contributed by atoms with van der Waals surface area (Å²) in [6.45, 7) is 2.21. The fourth-order valence-electron chi connectivity index (χ4n) is 2.17. The van der Waals surface area contributed by atoms with E-state index in [-0.39, 0.29) is 6.10 Å². The fourth-order valence-corrected chi connectivity index (χ4v) is 2.60. The highest BCUT2D eigenvalue weighted by molar-refractivity contribution is 6.99. The van der Waals surface area contributed by atoms with Crippen molar-refractivity contribution in [3.8, 4) is 6.07 Å². The summed E-state index contributed by atoms with van der Waals surface area (Å²) in [4.78, 5) is 2.16. The molecule has 0 N–H and O–H groups in total. The molecule has 1 aromatic carbocycles. The number of rotatable bonds is 2. The smallest absolute Gasteiger partial charge is 0.162 e. The van der Waals surface area contributed by atoms with Gasteiger partial charge in [0.1, 0.15) is 6.10 Å². The molecule has 2 aromatic rings. The average molecular weight is 272 g/mol. The van der Waals surface area contributed by atoms with Crippen LogP contribution in [0.5, 0.6) is 0 Å². The molecule has 6 heteroatoms. The topological polar surface area (TPSA) is 62.0 Å². The Morgan fingerprint density at radius 2 is 2.42 bits per heavy atom. The van der Waals surface area contributed by atoms with Crippen LogP contribution in [0.3, 0.4) is 0 Å². The first kappa shape index (κ1) is 12.1. The lowest BCUT2D eigenvalue weighted by molar-refractivity contribution is 0.0395. The molecule has 0 bridgehead atoms. The maximum absolute atomic E-state index is 8.94. The predicted molar refractivity (Wildman–Crippen MR) is 72.0 cm³/mol. The number of morpholine rings is 1. The van der Waals surface area contributed by atoms with Gasteiger partial charge in [-0.1, -0.05) is 12.1 Å². The Balaban J connectivity index is 1.80. The molecule has 2 heterocycles. The zero-order valence-corrected chi connectivity index (χ0v) is 11.0. The van der Waals surface area contributed by atoms with Gasteiger partial charge in [-0.25, -0.2) is 0 Å². The van der Waals surface area contributed by atoms with Crippen LogP contribution in [-0.4, -0.2) is 28.4 Å². The summed E-state index contributed by atoms with van der Waals surface area (Å²) < 4.78 is 14.1. The van der Waals surface area contributed by atoms with E-state index in [4.69, 9.17) is 10.00 Å². The van der Waals surface area contributed by atoms with Gasteiger partial charge in [-0.15, -0.1) is 0 Å². The Morgan fingerprint density at radius 1 is 1.47 bits per heavy atom. The van der Waals surface area contributed by atoms with Gasteiger partial charge in [-0.2, -0.15) is 14.0 Å². The highest BCUT2D eigenvalue weighted by Gasteiger charge is 2.23. The van der Waals surface area contributed by atoms with Crippen LogP contribution < -0.4 is 4.90 Å². The summed E-state index contributed by atoms with van der Waals surface area (Å²) in [7, 11) is 0. The standard InChI is InChI=1S/C13H12N4OS/c14-7-10-2-1-3-11(6-10)12-9-17(4-5-18-12)13-8-15-19-16-13/h1-3,6,8,12H,4-5,9H2. The number of nitrogens with zero attached hydrogens (tertiary/aromatic N) is 4. The van der Waals surface area contributed by atoms with E-state index in [0.29, 0.717) is 12.2 Å². The van der Waals surface area contributed by atoms with Crippen LogP contribution in [0.15, 0.2) is 30.5 Å². The van der Waals surface area contributed by atoms with Gasteiger partial charge in [0.2, 0.25) is 0 Å². The molecule has 3 rings (SSSR count). The summed E-state index contributed by atoms with van der Waals surface area (Å²) >= 11 is 1.21. The van der Waals surface area contributed by atoms with Crippen molar-refractivity contribution >= 4 is 17.5 Å². The van der Waals surface area contributed by atoms with E-state index < -0.39 is 0 Å². The normalized spacial score (nSPS) is 19.1. The number of hydrogen-bond donors (Lipinski definition) is 0. The second kappa shape index (κ2) is 5.34. The van der Waals surface area contributed by atoms with Gasteiger partial charge in [-0.05, 0) is 17.7 Å². The van der Waals surface area contributed by atoms with Crippen molar-refractivity contribution in [3.63, 3.8) is 0 Å². The summed E-state index contributed by atoms with van der Waals surface area (Å²) in [5.74, 6) is 0.898. The van der Waals surface area contributed by atoms with Crippen LogP contribution in [0.4, 0.5) is 5.82 Å². The van der Waals surface area contributed by atoms with Crippen molar-refractivity contribution in [1.82, 2.24) is 8.75 Å². The molecule has 1 aliphatic rings. The van der Waals surface area contributed by atoms with Gasteiger partial charge < -0.3 is 9.64 Å². The Labute approximate surface area is 115 Å². The second-order valence-corrected chi connectivity index (χ2v) is 4.87. The Morgan fingerprint density at radius 3 is 3.21 bits per heavy atom. The van der Waals surface area contributed by atoms with Gasteiger partial charge in [-0.3, -0.25) is 0 Å². The Hall–Kier alpha value is -1.97. The summed E-state index contributed by atoms with van der Waals surface area (Å²) in [6, 6.07) is 9.72. The maximum Gasteiger partial charge on any atom is 0.162 e. The SMILES string of the molecule is N#Cc1cccc(C2CN(c3cnsn3)CCO2)c1. The zero-order valence-electron chi connectivity index (χ0n) is 10.2. The third kappa shape index (κ3) is 2.57. The van der Waals surface area contributed by atoms with Gasteiger partial charge in [0.15, 0.2) is 5.82 Å². The first-order valence-corrected chi connectivity index (χ1v) is 6.74. The first-order valence-electron chi connectivity index (χ1n) is 6.01. The molecule has 1 atom stereocenters.